The molecule has 0 aromatic carbocycles. The fourth-order valence-electron chi connectivity index (χ4n) is 1.61. The zero-order valence-corrected chi connectivity index (χ0v) is 14.6. The summed E-state index contributed by atoms with van der Waals surface area (Å²) >= 11 is 0. The molecule has 0 radical (unpaired) electrons. The van der Waals surface area contributed by atoms with Crippen LogP contribution in [0.1, 0.15) is 32.8 Å². The van der Waals surface area contributed by atoms with E-state index in [-0.39, 0.29) is 24.0 Å². The van der Waals surface area contributed by atoms with Crippen molar-refractivity contribution in [3.05, 3.63) is 18.0 Å². The number of guanidine groups is 1. The molecule has 5 nitrogen and oxygen atoms in total. The zero-order valence-electron chi connectivity index (χ0n) is 12.3. The first-order chi connectivity index (χ1) is 8.61. The molecule has 2 N–H and O–H groups in total. The molecule has 0 saturated heterocycles. The van der Waals surface area contributed by atoms with E-state index in [1.54, 1.807) is 0 Å². The van der Waals surface area contributed by atoms with Crippen molar-refractivity contribution in [1.29, 1.82) is 0 Å². The number of nitrogens with zero attached hydrogens (tertiary/aromatic N) is 3. The quantitative estimate of drug-likeness (QED) is 0.345. The smallest absolute Gasteiger partial charge is 0.191 e. The monoisotopic (exact) mass is 379 g/mol. The van der Waals surface area contributed by atoms with Crippen LogP contribution in [0.15, 0.2) is 17.4 Å². The lowest BCUT2D eigenvalue weighted by Crippen LogP contribution is -2.41. The molecule has 6 heteroatoms. The van der Waals surface area contributed by atoms with Crippen molar-refractivity contribution in [2.75, 3.05) is 13.1 Å². The molecule has 0 spiro atoms. The van der Waals surface area contributed by atoms with Gasteiger partial charge in [-0.05, 0) is 39.7 Å². The summed E-state index contributed by atoms with van der Waals surface area (Å²) < 4.78 is 1.97. The van der Waals surface area contributed by atoms with Crippen LogP contribution < -0.4 is 10.6 Å². The van der Waals surface area contributed by atoms with Crippen LogP contribution in [0.5, 0.6) is 0 Å². The Kier molecular flexibility index (Phi) is 9.63. The summed E-state index contributed by atoms with van der Waals surface area (Å²) in [4.78, 5) is 4.53. The lowest BCUT2D eigenvalue weighted by Gasteiger charge is -2.13. The molecular formula is C13H26IN5. The second-order valence-corrected chi connectivity index (χ2v) is 4.69. The standard InChI is InChI=1S/C13H25N5.HI/c1-5-14-13(17-11(2)3)15-7-6-8-18-10-12(4)9-16-18;/h9-11H,5-8H2,1-4H3,(H2,14,15,17);1H. The van der Waals surface area contributed by atoms with Crippen molar-refractivity contribution in [3.8, 4) is 0 Å². The van der Waals surface area contributed by atoms with Gasteiger partial charge in [-0.25, -0.2) is 0 Å². The van der Waals surface area contributed by atoms with Crippen LogP contribution in [-0.4, -0.2) is 34.9 Å². The third-order valence-electron chi connectivity index (χ3n) is 2.35. The Bertz CT molecular complexity index is 373. The van der Waals surface area contributed by atoms with Crippen molar-refractivity contribution in [1.82, 2.24) is 20.4 Å². The molecular weight excluding hydrogens is 353 g/mol. The van der Waals surface area contributed by atoms with Crippen LogP contribution in [0.25, 0.3) is 0 Å². The van der Waals surface area contributed by atoms with Crippen molar-refractivity contribution >= 4 is 29.9 Å². The van der Waals surface area contributed by atoms with Crippen molar-refractivity contribution < 1.29 is 0 Å². The van der Waals surface area contributed by atoms with Gasteiger partial charge >= 0.3 is 0 Å². The van der Waals surface area contributed by atoms with E-state index in [1.165, 1.54) is 5.56 Å². The molecule has 0 aliphatic heterocycles. The van der Waals surface area contributed by atoms with Crippen molar-refractivity contribution in [2.45, 2.75) is 46.7 Å². The van der Waals surface area contributed by atoms with Crippen LogP contribution in [-0.2, 0) is 6.54 Å². The highest BCUT2D eigenvalue weighted by molar-refractivity contribution is 14.0. The predicted molar refractivity (Wildman–Crippen MR) is 91.2 cm³/mol. The van der Waals surface area contributed by atoms with Crippen molar-refractivity contribution in [2.24, 2.45) is 4.99 Å². The number of aryl methyl sites for hydroxylation is 2. The van der Waals surface area contributed by atoms with Gasteiger partial charge < -0.3 is 10.6 Å². The number of aliphatic imine (C=N–C) groups is 1. The maximum absolute atomic E-state index is 4.53. The minimum absolute atomic E-state index is 0. The predicted octanol–water partition coefficient (Wildman–Crippen LogP) is 2.16. The first-order valence-electron chi connectivity index (χ1n) is 6.65. The molecule has 0 aliphatic carbocycles. The minimum Gasteiger partial charge on any atom is -0.357 e. The first kappa shape index (κ1) is 18.2. The van der Waals surface area contributed by atoms with Crippen LogP contribution in [0, 0.1) is 6.92 Å². The largest absolute Gasteiger partial charge is 0.357 e. The van der Waals surface area contributed by atoms with Gasteiger partial charge in [0.1, 0.15) is 0 Å². The van der Waals surface area contributed by atoms with Gasteiger partial charge in [0.05, 0.1) is 6.20 Å². The van der Waals surface area contributed by atoms with E-state index in [4.69, 9.17) is 0 Å². The average Bonchev–Trinajstić information content (AvgIpc) is 2.70. The fourth-order valence-corrected chi connectivity index (χ4v) is 1.61. The maximum Gasteiger partial charge on any atom is 0.191 e. The summed E-state index contributed by atoms with van der Waals surface area (Å²) in [5.41, 5.74) is 1.20. The molecule has 1 aromatic heterocycles. The van der Waals surface area contributed by atoms with E-state index in [1.807, 2.05) is 10.9 Å². The lowest BCUT2D eigenvalue weighted by atomic mass is 10.4. The van der Waals surface area contributed by atoms with E-state index in [2.05, 4.69) is 54.6 Å². The minimum atomic E-state index is 0. The molecule has 19 heavy (non-hydrogen) atoms. The molecule has 0 unspecified atom stereocenters. The molecule has 0 fully saturated rings. The number of aromatic nitrogens is 2. The van der Waals surface area contributed by atoms with Crippen LogP contribution >= 0.6 is 24.0 Å². The summed E-state index contributed by atoms with van der Waals surface area (Å²) in [5, 5.41) is 10.8. The number of rotatable bonds is 6. The molecule has 1 aromatic rings. The normalized spacial score (nSPS) is 11.3. The Balaban J connectivity index is 0.00000324. The summed E-state index contributed by atoms with van der Waals surface area (Å²) in [6, 6.07) is 0.400. The second-order valence-electron chi connectivity index (χ2n) is 4.69. The molecule has 0 amide bonds. The molecule has 0 aliphatic rings. The number of halogens is 1. The summed E-state index contributed by atoms with van der Waals surface area (Å²) in [6.45, 7) is 11.0. The molecule has 1 rings (SSSR count). The van der Waals surface area contributed by atoms with Gasteiger partial charge in [0, 0.05) is 31.9 Å². The van der Waals surface area contributed by atoms with Gasteiger partial charge in [0.2, 0.25) is 0 Å². The van der Waals surface area contributed by atoms with Crippen LogP contribution in [0.4, 0.5) is 0 Å². The number of nitrogens with one attached hydrogen (secondary N) is 2. The van der Waals surface area contributed by atoms with E-state index < -0.39 is 0 Å². The van der Waals surface area contributed by atoms with Gasteiger partial charge in [-0.15, -0.1) is 24.0 Å². The van der Waals surface area contributed by atoms with E-state index >= 15 is 0 Å². The summed E-state index contributed by atoms with van der Waals surface area (Å²) in [7, 11) is 0. The van der Waals surface area contributed by atoms with E-state index in [0.29, 0.717) is 6.04 Å². The Morgan fingerprint density at radius 2 is 2.21 bits per heavy atom. The summed E-state index contributed by atoms with van der Waals surface area (Å²) in [6.07, 6.45) is 4.94. The van der Waals surface area contributed by atoms with Gasteiger partial charge in [-0.1, -0.05) is 0 Å². The highest BCUT2D eigenvalue weighted by Gasteiger charge is 1.99. The number of hydrogen-bond acceptors (Lipinski definition) is 2. The number of hydrogen-bond donors (Lipinski definition) is 2. The van der Waals surface area contributed by atoms with Gasteiger partial charge in [0.15, 0.2) is 5.96 Å². The van der Waals surface area contributed by atoms with Gasteiger partial charge in [0.25, 0.3) is 0 Å². The summed E-state index contributed by atoms with van der Waals surface area (Å²) in [5.74, 6) is 0.893. The van der Waals surface area contributed by atoms with Gasteiger partial charge in [-0.2, -0.15) is 5.10 Å². The fraction of sp³-hybridized carbons (Fsp3) is 0.692. The third kappa shape index (κ3) is 8.07. The van der Waals surface area contributed by atoms with Crippen molar-refractivity contribution in [3.63, 3.8) is 0 Å². The Hall–Kier alpha value is -0.790. The average molecular weight is 379 g/mol. The Morgan fingerprint density at radius 3 is 2.74 bits per heavy atom. The first-order valence-corrected chi connectivity index (χ1v) is 6.65. The van der Waals surface area contributed by atoms with E-state index in [9.17, 15) is 0 Å². The van der Waals surface area contributed by atoms with Crippen LogP contribution in [0.2, 0.25) is 0 Å². The molecule has 110 valence electrons. The highest BCUT2D eigenvalue weighted by Crippen LogP contribution is 1.96. The zero-order chi connectivity index (χ0) is 13.4. The highest BCUT2D eigenvalue weighted by atomic mass is 127. The molecule has 0 atom stereocenters. The Labute approximate surface area is 133 Å². The molecule has 0 bridgehead atoms. The van der Waals surface area contributed by atoms with Gasteiger partial charge in [-0.3, -0.25) is 9.67 Å². The molecule has 0 saturated carbocycles. The second kappa shape index (κ2) is 10.1. The maximum atomic E-state index is 4.53. The van der Waals surface area contributed by atoms with E-state index in [0.717, 1.165) is 32.0 Å². The third-order valence-corrected chi connectivity index (χ3v) is 2.35. The van der Waals surface area contributed by atoms with Crippen LogP contribution in [0.3, 0.4) is 0 Å². The Morgan fingerprint density at radius 1 is 1.47 bits per heavy atom. The molecule has 1 heterocycles. The SMILES string of the molecule is CCNC(=NCCCn1cc(C)cn1)NC(C)C.I. The lowest BCUT2D eigenvalue weighted by molar-refractivity contribution is 0.582. The topological polar surface area (TPSA) is 54.2 Å².